The van der Waals surface area contributed by atoms with Gasteiger partial charge in [0.15, 0.2) is 0 Å². The van der Waals surface area contributed by atoms with E-state index in [4.69, 9.17) is 14.5 Å². The monoisotopic (exact) mass is 829 g/mol. The second kappa shape index (κ2) is 14.4. The van der Waals surface area contributed by atoms with Crippen LogP contribution in [0.1, 0.15) is 108 Å². The average Bonchev–Trinajstić information content (AvgIpc) is 3.97. The maximum Gasteiger partial charge on any atom is 0.428 e. The third-order valence-electron chi connectivity index (χ3n) is 13.4. The lowest BCUT2D eigenvalue weighted by Crippen LogP contribution is -2.59. The van der Waals surface area contributed by atoms with E-state index >= 15 is 0 Å². The van der Waals surface area contributed by atoms with Crippen LogP contribution in [0.3, 0.4) is 0 Å². The number of carbonyl (C=O) groups excluding carboxylic acids is 4. The third-order valence-corrected chi connectivity index (χ3v) is 15.5. The van der Waals surface area contributed by atoms with Crippen LogP contribution in [-0.4, -0.2) is 88.4 Å². The number of para-hydroxylation sites is 1. The Morgan fingerprint density at radius 3 is 2.48 bits per heavy atom. The zero-order chi connectivity index (χ0) is 41.3. The minimum atomic E-state index is -4.81. The van der Waals surface area contributed by atoms with Gasteiger partial charge in [-0.2, -0.15) is 13.2 Å². The number of nitrogens with one attached hydrogen (secondary N) is 3. The van der Waals surface area contributed by atoms with E-state index in [2.05, 4.69) is 15.4 Å². The van der Waals surface area contributed by atoms with E-state index in [1.807, 2.05) is 43.3 Å². The van der Waals surface area contributed by atoms with E-state index in [-0.39, 0.29) is 51.5 Å². The number of alkyl halides is 3. The summed E-state index contributed by atoms with van der Waals surface area (Å²) in [6, 6.07) is 5.07. The summed E-state index contributed by atoms with van der Waals surface area (Å²) in [7, 11) is -4.06. The summed E-state index contributed by atoms with van der Waals surface area (Å²) < 4.78 is 82.2. The van der Waals surface area contributed by atoms with Crippen molar-refractivity contribution in [3.8, 4) is 5.75 Å². The number of alkyl carbamates (subject to hydrolysis) is 1. The van der Waals surface area contributed by atoms with Gasteiger partial charge in [-0.3, -0.25) is 19.1 Å². The molecule has 1 saturated heterocycles. The first kappa shape index (κ1) is 40.4. The number of aromatic nitrogens is 1. The van der Waals surface area contributed by atoms with Crippen LogP contribution in [0.2, 0.25) is 0 Å². The lowest BCUT2D eigenvalue weighted by atomic mass is 9.87. The van der Waals surface area contributed by atoms with Crippen molar-refractivity contribution in [3.05, 3.63) is 47.7 Å². The van der Waals surface area contributed by atoms with Gasteiger partial charge in [-0.1, -0.05) is 43.2 Å². The fourth-order valence-electron chi connectivity index (χ4n) is 9.38. The Balaban J connectivity index is 1.12. The number of nitrogens with zero attached hydrogens (tertiary/aromatic N) is 2. The van der Waals surface area contributed by atoms with Gasteiger partial charge in [0, 0.05) is 23.3 Å². The molecule has 3 N–H and O–H groups in total. The molecule has 58 heavy (non-hydrogen) atoms. The summed E-state index contributed by atoms with van der Waals surface area (Å²) in [5.41, 5.74) is -3.02. The molecule has 3 aliphatic heterocycles. The van der Waals surface area contributed by atoms with Gasteiger partial charge in [-0.25, -0.2) is 18.2 Å². The molecule has 5 unspecified atom stereocenters. The van der Waals surface area contributed by atoms with E-state index in [1.54, 1.807) is 6.92 Å². The Morgan fingerprint density at radius 2 is 1.76 bits per heavy atom. The Labute approximate surface area is 335 Å². The molecule has 4 fully saturated rings. The highest BCUT2D eigenvalue weighted by Gasteiger charge is 2.64. The van der Waals surface area contributed by atoms with Crippen LogP contribution in [0.4, 0.5) is 18.0 Å². The van der Waals surface area contributed by atoms with Gasteiger partial charge in [0.25, 0.3) is 5.91 Å². The van der Waals surface area contributed by atoms with Crippen LogP contribution in [0.15, 0.2) is 36.4 Å². The minimum Gasteiger partial charge on any atom is -0.483 e. The highest BCUT2D eigenvalue weighted by atomic mass is 32.2. The number of amides is 4. The molecule has 4 amide bonds. The van der Waals surface area contributed by atoms with E-state index < -0.39 is 79.5 Å². The fourth-order valence-corrected chi connectivity index (χ4v) is 10.7. The van der Waals surface area contributed by atoms with Gasteiger partial charge < -0.3 is 25.0 Å². The number of sulfonamides is 1. The molecule has 3 aliphatic carbocycles. The van der Waals surface area contributed by atoms with Gasteiger partial charge in [-0.15, -0.1) is 0 Å². The number of fused-ring (bicyclic) bond motifs is 5. The van der Waals surface area contributed by atoms with Crippen molar-refractivity contribution in [2.24, 2.45) is 5.92 Å². The van der Waals surface area contributed by atoms with E-state index in [0.29, 0.717) is 62.8 Å². The molecular weight excluding hydrogens is 780 g/mol. The largest absolute Gasteiger partial charge is 0.483 e. The molecule has 2 aromatic rings. The number of ether oxygens (including phenoxy) is 2. The molecule has 1 aromatic carbocycles. The van der Waals surface area contributed by atoms with Crippen LogP contribution < -0.4 is 20.1 Å². The van der Waals surface area contributed by atoms with Gasteiger partial charge in [0.1, 0.15) is 29.0 Å². The normalized spacial score (nSPS) is 30.5. The molecule has 3 saturated carbocycles. The second-order valence-corrected chi connectivity index (χ2v) is 19.7. The number of rotatable bonds is 5. The number of hydrogen-bond donors (Lipinski definition) is 3. The lowest BCUT2D eigenvalue weighted by molar-refractivity contribution is -0.255. The van der Waals surface area contributed by atoms with Crippen molar-refractivity contribution in [2.45, 2.75) is 150 Å². The molecule has 6 aliphatic rings. The van der Waals surface area contributed by atoms with Gasteiger partial charge in [0.05, 0.1) is 22.5 Å². The molecule has 17 heteroatoms. The Kier molecular flexibility index (Phi) is 10.0. The van der Waals surface area contributed by atoms with Crippen molar-refractivity contribution in [1.29, 1.82) is 0 Å². The van der Waals surface area contributed by atoms with Crippen molar-refractivity contribution >= 4 is 44.7 Å². The zero-order valence-corrected chi connectivity index (χ0v) is 33.5. The highest BCUT2D eigenvalue weighted by molar-refractivity contribution is 7.91. The van der Waals surface area contributed by atoms with E-state index in [0.717, 1.165) is 16.5 Å². The topological polar surface area (TPSA) is 173 Å². The average molecular weight is 830 g/mol. The maximum absolute atomic E-state index is 14.8. The molecule has 1 aromatic heterocycles. The molecular formula is C41H50F3N5O8S. The van der Waals surface area contributed by atoms with Gasteiger partial charge in [0.2, 0.25) is 27.4 Å². The molecule has 0 radical (unpaired) electrons. The second-order valence-electron chi connectivity index (χ2n) is 17.5. The molecule has 13 nitrogen and oxygen atoms in total. The standard InChI is InChI=1S/C41H50F3N5O8S/c1-25-32-28(27-13-8-9-14-29(27)45-25)16-19-38(56-32)23-31-33(50)47-40(35(52)48-58(54,55)37(2)20-21-37)22-26(40)12-6-4-3-5-7-15-30(34(51)49(31)24-38)46-36(53)57-39(41(42,43)44)17-10-11-18-39/h6,8-9,12-14,26,30-31H,3-5,7,10-11,15-24H2,1-2H3,(H,46,53)(H,47,50)(H,48,52). The maximum atomic E-state index is 14.8. The van der Waals surface area contributed by atoms with Crippen molar-refractivity contribution in [1.82, 2.24) is 25.2 Å². The smallest absolute Gasteiger partial charge is 0.428 e. The fraction of sp³-hybridized carbons (Fsp3) is 0.634. The third kappa shape index (κ3) is 7.18. The van der Waals surface area contributed by atoms with Crippen molar-refractivity contribution in [2.75, 3.05) is 6.54 Å². The first-order valence-corrected chi connectivity index (χ1v) is 21.9. The SMILES string of the molecule is Cc1nc2ccccc2c2c1OC1(CC2)CC2C(=O)NC3(C(=O)NS(=O)(=O)C4(C)CC4)CC3C=CCCCCCC(NC(=O)OC3(C(F)(F)F)CCCC3)C(=O)N2C1. The summed E-state index contributed by atoms with van der Waals surface area (Å²) in [6.07, 6.45) is 1.39. The van der Waals surface area contributed by atoms with E-state index in [1.165, 1.54) is 4.90 Å². The van der Waals surface area contributed by atoms with Crippen LogP contribution in [0.5, 0.6) is 5.75 Å². The van der Waals surface area contributed by atoms with Crippen LogP contribution in [0.25, 0.3) is 10.9 Å². The molecule has 4 heterocycles. The minimum absolute atomic E-state index is 0.0147. The quantitative estimate of drug-likeness (QED) is 0.326. The number of allylic oxidation sites excluding steroid dienone is 1. The van der Waals surface area contributed by atoms with Crippen molar-refractivity contribution in [3.63, 3.8) is 0 Å². The summed E-state index contributed by atoms with van der Waals surface area (Å²) in [6.45, 7) is 3.27. The first-order valence-electron chi connectivity index (χ1n) is 20.4. The summed E-state index contributed by atoms with van der Waals surface area (Å²) in [5.74, 6) is -2.25. The highest BCUT2D eigenvalue weighted by Crippen LogP contribution is 2.50. The predicted octanol–water partition coefficient (Wildman–Crippen LogP) is 5.57. The van der Waals surface area contributed by atoms with Crippen LogP contribution in [0, 0.1) is 12.8 Å². The predicted molar refractivity (Wildman–Crippen MR) is 205 cm³/mol. The van der Waals surface area contributed by atoms with Crippen molar-refractivity contribution < 1.29 is 50.2 Å². The molecule has 314 valence electrons. The van der Waals surface area contributed by atoms with E-state index in [9.17, 15) is 40.8 Å². The number of aryl methyl sites for hydroxylation is 2. The Hall–Kier alpha value is -4.41. The Morgan fingerprint density at radius 1 is 1.02 bits per heavy atom. The molecule has 5 atom stereocenters. The zero-order valence-electron chi connectivity index (χ0n) is 32.7. The number of benzene rings is 1. The van der Waals surface area contributed by atoms with Crippen LogP contribution >= 0.6 is 0 Å². The number of hydrogen-bond acceptors (Lipinski definition) is 9. The molecule has 1 spiro atoms. The molecule has 0 bridgehead atoms. The summed E-state index contributed by atoms with van der Waals surface area (Å²) in [4.78, 5) is 62.8. The van der Waals surface area contributed by atoms with Gasteiger partial charge in [-0.05, 0) is 97.0 Å². The molecule has 8 rings (SSSR count). The number of pyridine rings is 1. The van der Waals surface area contributed by atoms with Gasteiger partial charge >= 0.3 is 12.3 Å². The number of carbonyl (C=O) groups is 4. The Bertz CT molecular complexity index is 2170. The summed E-state index contributed by atoms with van der Waals surface area (Å²) in [5, 5.41) is 6.23. The summed E-state index contributed by atoms with van der Waals surface area (Å²) >= 11 is 0. The number of halogens is 3. The first-order chi connectivity index (χ1) is 27.4. The lowest BCUT2D eigenvalue weighted by Gasteiger charge is -2.37. The van der Waals surface area contributed by atoms with Crippen LogP contribution in [-0.2, 0) is 35.6 Å².